The number of piperidine rings is 1. The molecule has 2 aromatic rings. The summed E-state index contributed by atoms with van der Waals surface area (Å²) in [5.74, 6) is 0.794. The Balaban J connectivity index is 1.76. The van der Waals surface area contributed by atoms with Gasteiger partial charge in [0, 0.05) is 30.6 Å². The second-order valence-electron chi connectivity index (χ2n) is 10.9. The van der Waals surface area contributed by atoms with Crippen molar-refractivity contribution in [3.05, 3.63) is 58.1 Å². The van der Waals surface area contributed by atoms with Crippen LogP contribution >= 0.6 is 11.6 Å². The molecule has 2 aromatic carbocycles. The normalized spacial score (nSPS) is 15.2. The number of nitrogens with zero attached hydrogens (tertiary/aromatic N) is 3. The van der Waals surface area contributed by atoms with Gasteiger partial charge in [0.25, 0.3) is 10.0 Å². The van der Waals surface area contributed by atoms with Crippen LogP contribution in [-0.4, -0.2) is 63.4 Å². The van der Waals surface area contributed by atoms with Crippen LogP contribution in [0, 0.1) is 19.8 Å². The van der Waals surface area contributed by atoms with Crippen molar-refractivity contribution in [2.45, 2.75) is 77.7 Å². The Morgan fingerprint density at radius 2 is 1.76 bits per heavy atom. The van der Waals surface area contributed by atoms with E-state index >= 15 is 0 Å². The zero-order valence-electron chi connectivity index (χ0n) is 23.8. The lowest BCUT2D eigenvalue weighted by atomic mass is 9.93. The van der Waals surface area contributed by atoms with Crippen LogP contribution in [0.5, 0.6) is 0 Å². The average molecular weight is 562 g/mol. The third kappa shape index (κ3) is 7.30. The first-order valence-electron chi connectivity index (χ1n) is 13.8. The first-order valence-corrected chi connectivity index (χ1v) is 15.6. The number of rotatable bonds is 11. The first-order chi connectivity index (χ1) is 17.9. The van der Waals surface area contributed by atoms with Gasteiger partial charge >= 0.3 is 0 Å². The summed E-state index contributed by atoms with van der Waals surface area (Å²) in [6.45, 7) is 12.9. The highest BCUT2D eigenvalue weighted by Gasteiger charge is 2.28. The molecule has 1 aliphatic rings. The largest absolute Gasteiger partial charge is 0.340 e. The van der Waals surface area contributed by atoms with Crippen LogP contribution in [0.15, 0.2) is 41.3 Å². The molecule has 0 N–H and O–H groups in total. The standard InChI is InChI=1S/C30H44ClN3O3S/c1-7-34(38(36,37)29-21-23(4)27(31)20-24(29)5)28-11-9-8-10-26(28)12-13-30(35)33(22(2)3)19-16-25-14-17-32(6)18-15-25/h8-11,20-22,25H,7,12-19H2,1-6H3. The molecule has 0 aromatic heterocycles. The molecule has 0 bridgehead atoms. The van der Waals surface area contributed by atoms with Gasteiger partial charge in [0.15, 0.2) is 0 Å². The Morgan fingerprint density at radius 1 is 1.11 bits per heavy atom. The van der Waals surface area contributed by atoms with E-state index in [4.69, 9.17) is 11.6 Å². The molecule has 210 valence electrons. The highest BCUT2D eigenvalue weighted by atomic mass is 35.5. The number of carbonyl (C=O) groups excluding carboxylic acids is 1. The molecule has 0 saturated carbocycles. The van der Waals surface area contributed by atoms with Gasteiger partial charge in [0.2, 0.25) is 5.91 Å². The van der Waals surface area contributed by atoms with Crippen LogP contribution in [0.4, 0.5) is 5.69 Å². The molecular weight excluding hydrogens is 518 g/mol. The van der Waals surface area contributed by atoms with E-state index in [-0.39, 0.29) is 23.4 Å². The van der Waals surface area contributed by atoms with Crippen molar-refractivity contribution in [3.63, 3.8) is 0 Å². The van der Waals surface area contributed by atoms with Crippen molar-refractivity contribution in [3.8, 4) is 0 Å². The van der Waals surface area contributed by atoms with Crippen LogP contribution in [0.3, 0.4) is 0 Å². The SMILES string of the molecule is CCN(c1ccccc1CCC(=O)N(CCC1CCN(C)CC1)C(C)C)S(=O)(=O)c1cc(C)c(Cl)cc1C. The fraction of sp³-hybridized carbons (Fsp3) is 0.567. The molecule has 6 nitrogen and oxygen atoms in total. The zero-order chi connectivity index (χ0) is 28.0. The number of likely N-dealkylation sites (tertiary alicyclic amines) is 1. The topological polar surface area (TPSA) is 60.9 Å². The highest BCUT2D eigenvalue weighted by Crippen LogP contribution is 2.31. The number of hydrogen-bond donors (Lipinski definition) is 0. The molecule has 8 heteroatoms. The van der Waals surface area contributed by atoms with Crippen molar-refractivity contribution < 1.29 is 13.2 Å². The number of benzene rings is 2. The van der Waals surface area contributed by atoms with Gasteiger partial charge in [-0.05, 0) is 121 Å². The molecule has 1 aliphatic heterocycles. The molecule has 38 heavy (non-hydrogen) atoms. The Morgan fingerprint density at radius 3 is 2.39 bits per heavy atom. The summed E-state index contributed by atoms with van der Waals surface area (Å²) in [6, 6.07) is 11.0. The van der Waals surface area contributed by atoms with E-state index in [1.807, 2.05) is 43.0 Å². The Kier molecular flexibility index (Phi) is 10.7. The number of carbonyl (C=O) groups is 1. The van der Waals surface area contributed by atoms with Crippen molar-refractivity contribution in [1.82, 2.24) is 9.80 Å². The summed E-state index contributed by atoms with van der Waals surface area (Å²) in [6.07, 6.45) is 4.25. The Hall–Kier alpha value is -2.09. The lowest BCUT2D eigenvalue weighted by molar-refractivity contribution is -0.133. The van der Waals surface area contributed by atoms with E-state index in [0.29, 0.717) is 35.0 Å². The molecule has 0 aliphatic carbocycles. The second kappa shape index (κ2) is 13.3. The van der Waals surface area contributed by atoms with E-state index in [1.54, 1.807) is 19.1 Å². The summed E-state index contributed by atoms with van der Waals surface area (Å²) in [5.41, 5.74) is 2.81. The van der Waals surface area contributed by atoms with Gasteiger partial charge in [-0.25, -0.2) is 8.42 Å². The van der Waals surface area contributed by atoms with E-state index in [0.717, 1.165) is 37.2 Å². The Labute approximate surface area is 235 Å². The van der Waals surface area contributed by atoms with Gasteiger partial charge in [-0.1, -0.05) is 29.8 Å². The number of aryl methyl sites for hydroxylation is 3. The van der Waals surface area contributed by atoms with Crippen molar-refractivity contribution in [2.24, 2.45) is 5.92 Å². The molecule has 3 rings (SSSR count). The first kappa shape index (κ1) is 30.5. The molecule has 1 amide bonds. The van der Waals surface area contributed by atoms with Gasteiger partial charge in [0.05, 0.1) is 10.6 Å². The monoisotopic (exact) mass is 561 g/mol. The fourth-order valence-corrected chi connectivity index (χ4v) is 7.34. The van der Waals surface area contributed by atoms with E-state index in [1.165, 1.54) is 17.1 Å². The summed E-state index contributed by atoms with van der Waals surface area (Å²) < 4.78 is 29.0. The number of sulfonamides is 1. The van der Waals surface area contributed by atoms with Crippen LogP contribution in [0.25, 0.3) is 0 Å². The van der Waals surface area contributed by atoms with E-state index in [9.17, 15) is 13.2 Å². The molecule has 1 saturated heterocycles. The second-order valence-corrected chi connectivity index (χ2v) is 13.1. The molecular formula is C30H44ClN3O3S. The molecule has 1 heterocycles. The maximum absolute atomic E-state index is 13.8. The van der Waals surface area contributed by atoms with Crippen molar-refractivity contribution >= 4 is 33.2 Å². The van der Waals surface area contributed by atoms with Gasteiger partial charge in [-0.15, -0.1) is 0 Å². The van der Waals surface area contributed by atoms with Crippen molar-refractivity contribution in [2.75, 3.05) is 37.5 Å². The minimum atomic E-state index is -3.81. The van der Waals surface area contributed by atoms with Crippen molar-refractivity contribution in [1.29, 1.82) is 0 Å². The van der Waals surface area contributed by atoms with Gasteiger partial charge in [-0.3, -0.25) is 9.10 Å². The molecule has 1 fully saturated rings. The molecule has 0 unspecified atom stereocenters. The zero-order valence-corrected chi connectivity index (χ0v) is 25.4. The predicted molar refractivity (Wildman–Crippen MR) is 158 cm³/mol. The van der Waals surface area contributed by atoms with Crippen LogP contribution in [-0.2, 0) is 21.2 Å². The smallest absolute Gasteiger partial charge is 0.264 e. The number of hydrogen-bond acceptors (Lipinski definition) is 4. The highest BCUT2D eigenvalue weighted by molar-refractivity contribution is 7.92. The Bertz CT molecular complexity index is 1210. The number of halogens is 1. The number of amides is 1. The fourth-order valence-electron chi connectivity index (χ4n) is 5.31. The molecule has 0 radical (unpaired) electrons. The maximum atomic E-state index is 13.8. The number of para-hydroxylation sites is 1. The summed E-state index contributed by atoms with van der Waals surface area (Å²) >= 11 is 6.24. The molecule has 0 atom stereocenters. The van der Waals surface area contributed by atoms with Crippen LogP contribution in [0.1, 0.15) is 63.1 Å². The minimum absolute atomic E-state index is 0.123. The number of anilines is 1. The summed E-state index contributed by atoms with van der Waals surface area (Å²) in [7, 11) is -1.65. The lowest BCUT2D eigenvalue weighted by Crippen LogP contribution is -2.39. The van der Waals surface area contributed by atoms with Gasteiger partial charge in [-0.2, -0.15) is 0 Å². The maximum Gasteiger partial charge on any atom is 0.264 e. The third-order valence-electron chi connectivity index (χ3n) is 7.74. The summed E-state index contributed by atoms with van der Waals surface area (Å²) in [4.78, 5) is 18.0. The van der Waals surface area contributed by atoms with Gasteiger partial charge < -0.3 is 9.80 Å². The predicted octanol–water partition coefficient (Wildman–Crippen LogP) is 6.07. The van der Waals surface area contributed by atoms with Crippen LogP contribution < -0.4 is 4.31 Å². The third-order valence-corrected chi connectivity index (χ3v) is 10.2. The average Bonchev–Trinajstić information content (AvgIpc) is 2.86. The molecule has 0 spiro atoms. The summed E-state index contributed by atoms with van der Waals surface area (Å²) in [5, 5.41) is 0.550. The van der Waals surface area contributed by atoms with E-state index in [2.05, 4.69) is 25.8 Å². The van der Waals surface area contributed by atoms with Crippen LogP contribution in [0.2, 0.25) is 5.02 Å². The van der Waals surface area contributed by atoms with Gasteiger partial charge in [0.1, 0.15) is 0 Å². The quantitative estimate of drug-likeness (QED) is 0.334. The lowest BCUT2D eigenvalue weighted by Gasteiger charge is -2.32. The minimum Gasteiger partial charge on any atom is -0.340 e. The van der Waals surface area contributed by atoms with E-state index < -0.39 is 10.0 Å².